The Morgan fingerprint density at radius 1 is 1.38 bits per heavy atom. The van der Waals surface area contributed by atoms with E-state index in [-0.39, 0.29) is 12.2 Å². The fourth-order valence-electron chi connectivity index (χ4n) is 1.04. The standard InChI is InChI=1S/C9H9ClF2O/c10-8-2-1-7(9(11)12)5-6(8)3-4-13/h1-2,5,9,13H,3-4H2. The van der Waals surface area contributed by atoms with E-state index in [1.807, 2.05) is 0 Å². The van der Waals surface area contributed by atoms with E-state index < -0.39 is 6.43 Å². The lowest BCUT2D eigenvalue weighted by molar-refractivity contribution is 0.151. The van der Waals surface area contributed by atoms with Gasteiger partial charge in [0.15, 0.2) is 0 Å². The van der Waals surface area contributed by atoms with Crippen molar-refractivity contribution in [1.82, 2.24) is 0 Å². The second-order valence-corrected chi connectivity index (χ2v) is 3.03. The van der Waals surface area contributed by atoms with Crippen molar-refractivity contribution in [3.8, 4) is 0 Å². The molecule has 1 aromatic rings. The highest BCUT2D eigenvalue weighted by Gasteiger charge is 2.09. The van der Waals surface area contributed by atoms with Crippen LogP contribution >= 0.6 is 11.6 Å². The predicted molar refractivity (Wildman–Crippen MR) is 47.2 cm³/mol. The van der Waals surface area contributed by atoms with Crippen LogP contribution in [0.3, 0.4) is 0 Å². The van der Waals surface area contributed by atoms with Gasteiger partial charge in [0.2, 0.25) is 0 Å². The van der Waals surface area contributed by atoms with Crippen LogP contribution in [-0.4, -0.2) is 11.7 Å². The number of halogens is 3. The Morgan fingerprint density at radius 3 is 2.62 bits per heavy atom. The van der Waals surface area contributed by atoms with Crippen LogP contribution in [0.25, 0.3) is 0 Å². The maximum absolute atomic E-state index is 12.2. The molecule has 1 nitrogen and oxygen atoms in total. The minimum Gasteiger partial charge on any atom is -0.396 e. The van der Waals surface area contributed by atoms with Crippen LogP contribution in [0.1, 0.15) is 17.6 Å². The summed E-state index contributed by atoms with van der Waals surface area (Å²) in [6, 6.07) is 4.03. The molecule has 0 aliphatic carbocycles. The Morgan fingerprint density at radius 2 is 2.08 bits per heavy atom. The van der Waals surface area contributed by atoms with Gasteiger partial charge in [-0.3, -0.25) is 0 Å². The zero-order chi connectivity index (χ0) is 9.84. The summed E-state index contributed by atoms with van der Waals surface area (Å²) in [5.41, 5.74) is 0.495. The predicted octanol–water partition coefficient (Wildman–Crippen LogP) is 2.81. The molecule has 0 heterocycles. The van der Waals surface area contributed by atoms with Crippen LogP contribution in [0.2, 0.25) is 5.02 Å². The highest BCUT2D eigenvalue weighted by Crippen LogP contribution is 2.24. The van der Waals surface area contributed by atoms with Crippen molar-refractivity contribution in [2.24, 2.45) is 0 Å². The number of alkyl halides is 2. The fraction of sp³-hybridized carbons (Fsp3) is 0.333. The molecule has 1 rings (SSSR count). The van der Waals surface area contributed by atoms with E-state index in [1.165, 1.54) is 18.2 Å². The first-order valence-electron chi connectivity index (χ1n) is 3.82. The van der Waals surface area contributed by atoms with Crippen molar-refractivity contribution in [2.45, 2.75) is 12.8 Å². The number of aliphatic hydroxyl groups is 1. The first-order chi connectivity index (χ1) is 6.15. The molecule has 0 aliphatic heterocycles. The first kappa shape index (κ1) is 10.4. The third-order valence-corrected chi connectivity index (χ3v) is 2.07. The number of rotatable bonds is 3. The zero-order valence-electron chi connectivity index (χ0n) is 6.80. The van der Waals surface area contributed by atoms with E-state index in [0.29, 0.717) is 17.0 Å². The van der Waals surface area contributed by atoms with Gasteiger partial charge in [-0.05, 0) is 24.1 Å². The number of hydrogen-bond acceptors (Lipinski definition) is 1. The van der Waals surface area contributed by atoms with Gasteiger partial charge in [-0.25, -0.2) is 8.78 Å². The first-order valence-corrected chi connectivity index (χ1v) is 4.20. The van der Waals surface area contributed by atoms with Crippen molar-refractivity contribution < 1.29 is 13.9 Å². The monoisotopic (exact) mass is 206 g/mol. The normalized spacial score (nSPS) is 10.8. The van der Waals surface area contributed by atoms with Crippen LogP contribution in [0, 0.1) is 0 Å². The van der Waals surface area contributed by atoms with Crippen LogP contribution in [0.4, 0.5) is 8.78 Å². The second kappa shape index (κ2) is 4.53. The minimum atomic E-state index is -2.49. The maximum Gasteiger partial charge on any atom is 0.263 e. The largest absolute Gasteiger partial charge is 0.396 e. The van der Waals surface area contributed by atoms with Crippen LogP contribution in [0.5, 0.6) is 0 Å². The molecule has 0 saturated carbocycles. The minimum absolute atomic E-state index is 0.0622. The molecule has 0 unspecified atom stereocenters. The molecule has 0 fully saturated rings. The third kappa shape index (κ3) is 2.64. The smallest absolute Gasteiger partial charge is 0.263 e. The topological polar surface area (TPSA) is 20.2 Å². The molecule has 0 amide bonds. The summed E-state index contributed by atoms with van der Waals surface area (Å²) in [4.78, 5) is 0. The van der Waals surface area contributed by atoms with E-state index in [1.54, 1.807) is 0 Å². The van der Waals surface area contributed by atoms with E-state index >= 15 is 0 Å². The molecule has 13 heavy (non-hydrogen) atoms. The molecular weight excluding hydrogens is 198 g/mol. The van der Waals surface area contributed by atoms with Crippen molar-refractivity contribution in [1.29, 1.82) is 0 Å². The number of benzene rings is 1. The molecule has 1 aromatic carbocycles. The summed E-state index contributed by atoms with van der Waals surface area (Å²) in [6.07, 6.45) is -2.19. The SMILES string of the molecule is OCCc1cc(C(F)F)ccc1Cl. The van der Waals surface area contributed by atoms with E-state index in [0.717, 1.165) is 0 Å². The average Bonchev–Trinajstić information content (AvgIpc) is 2.08. The third-order valence-electron chi connectivity index (χ3n) is 1.70. The Labute approximate surface area is 80.0 Å². The molecule has 0 saturated heterocycles. The van der Waals surface area contributed by atoms with Crippen molar-refractivity contribution in [2.75, 3.05) is 6.61 Å². The summed E-state index contributed by atoms with van der Waals surface area (Å²) >= 11 is 5.72. The van der Waals surface area contributed by atoms with E-state index in [2.05, 4.69) is 0 Å². The highest BCUT2D eigenvalue weighted by atomic mass is 35.5. The lowest BCUT2D eigenvalue weighted by Crippen LogP contribution is -1.94. The van der Waals surface area contributed by atoms with Gasteiger partial charge in [0.25, 0.3) is 6.43 Å². The molecule has 4 heteroatoms. The van der Waals surface area contributed by atoms with Crippen molar-refractivity contribution in [3.63, 3.8) is 0 Å². The molecule has 0 radical (unpaired) electrons. The lowest BCUT2D eigenvalue weighted by atomic mass is 10.1. The molecule has 72 valence electrons. The van der Waals surface area contributed by atoms with Gasteiger partial charge in [0, 0.05) is 17.2 Å². The van der Waals surface area contributed by atoms with Crippen molar-refractivity contribution >= 4 is 11.6 Å². The highest BCUT2D eigenvalue weighted by molar-refractivity contribution is 6.31. The molecule has 0 spiro atoms. The van der Waals surface area contributed by atoms with Crippen molar-refractivity contribution in [3.05, 3.63) is 34.3 Å². The summed E-state index contributed by atoms with van der Waals surface area (Å²) in [7, 11) is 0. The van der Waals surface area contributed by atoms with Gasteiger partial charge in [0.1, 0.15) is 0 Å². The van der Waals surface area contributed by atoms with Gasteiger partial charge in [-0.1, -0.05) is 17.7 Å². The average molecular weight is 207 g/mol. The fourth-order valence-corrected chi connectivity index (χ4v) is 1.25. The summed E-state index contributed by atoms with van der Waals surface area (Å²) in [5, 5.41) is 9.04. The molecule has 0 aromatic heterocycles. The van der Waals surface area contributed by atoms with Gasteiger partial charge < -0.3 is 5.11 Å². The van der Waals surface area contributed by atoms with Gasteiger partial charge in [-0.2, -0.15) is 0 Å². The Bertz CT molecular complexity index is 289. The molecule has 1 N–H and O–H groups in total. The number of hydrogen-bond donors (Lipinski definition) is 1. The van der Waals surface area contributed by atoms with E-state index in [4.69, 9.17) is 16.7 Å². The summed E-state index contributed by atoms with van der Waals surface area (Å²) in [5.74, 6) is 0. The Hall–Kier alpha value is -0.670. The lowest BCUT2D eigenvalue weighted by Gasteiger charge is -2.05. The molecular formula is C9H9ClF2O. The second-order valence-electron chi connectivity index (χ2n) is 2.63. The summed E-state index contributed by atoms with van der Waals surface area (Å²) < 4.78 is 24.4. The number of aliphatic hydroxyl groups excluding tert-OH is 1. The van der Waals surface area contributed by atoms with Crippen LogP contribution in [-0.2, 0) is 6.42 Å². The van der Waals surface area contributed by atoms with Gasteiger partial charge in [0.05, 0.1) is 0 Å². The van der Waals surface area contributed by atoms with E-state index in [9.17, 15) is 8.78 Å². The zero-order valence-corrected chi connectivity index (χ0v) is 7.56. The van der Waals surface area contributed by atoms with Crippen LogP contribution in [0.15, 0.2) is 18.2 Å². The Balaban J connectivity index is 2.97. The molecule has 0 atom stereocenters. The molecule has 0 bridgehead atoms. The quantitative estimate of drug-likeness (QED) is 0.807. The van der Waals surface area contributed by atoms with Crippen LogP contribution < -0.4 is 0 Å². The Kier molecular flexibility index (Phi) is 3.63. The molecule has 0 aliphatic rings. The van der Waals surface area contributed by atoms with Gasteiger partial charge in [-0.15, -0.1) is 0 Å². The summed E-state index contributed by atoms with van der Waals surface area (Å²) in [6.45, 7) is -0.0909. The maximum atomic E-state index is 12.2. The van der Waals surface area contributed by atoms with Gasteiger partial charge >= 0.3 is 0 Å².